The van der Waals surface area contributed by atoms with Gasteiger partial charge in [0, 0.05) is 10.9 Å². The predicted octanol–water partition coefficient (Wildman–Crippen LogP) is 3.99. The molecule has 1 heterocycles. The van der Waals surface area contributed by atoms with Gasteiger partial charge in [-0.2, -0.15) is 5.26 Å². The molecule has 3 rings (SSSR count). The minimum Gasteiger partial charge on any atom is -0.493 e. The molecule has 27 heavy (non-hydrogen) atoms. The fourth-order valence-electron chi connectivity index (χ4n) is 2.74. The van der Waals surface area contributed by atoms with E-state index < -0.39 is 12.1 Å². The Morgan fingerprint density at radius 2 is 1.81 bits per heavy atom. The molecule has 6 nitrogen and oxygen atoms in total. The number of methoxy groups -OCH3 is 2. The molecule has 1 atom stereocenters. The summed E-state index contributed by atoms with van der Waals surface area (Å²) in [6, 6.07) is 16.3. The van der Waals surface area contributed by atoms with E-state index in [1.807, 2.05) is 30.3 Å². The van der Waals surface area contributed by atoms with E-state index in [1.54, 1.807) is 38.5 Å². The van der Waals surface area contributed by atoms with Crippen molar-refractivity contribution in [2.75, 3.05) is 14.2 Å². The molecule has 0 amide bonds. The van der Waals surface area contributed by atoms with Gasteiger partial charge >= 0.3 is 5.97 Å². The number of nitriles is 1. The molecule has 0 saturated heterocycles. The van der Waals surface area contributed by atoms with Crippen molar-refractivity contribution < 1.29 is 19.0 Å². The molecular formula is C21H18N2O4. The maximum atomic E-state index is 12.6. The number of carbonyl (C=O) groups excluding carboxylic acids is 1. The molecule has 3 aromatic rings. The summed E-state index contributed by atoms with van der Waals surface area (Å²) in [7, 11) is 3.12. The Balaban J connectivity index is 2.15. The minimum atomic E-state index is -0.839. The van der Waals surface area contributed by atoms with Crippen LogP contribution >= 0.6 is 0 Å². The van der Waals surface area contributed by atoms with E-state index in [2.05, 4.69) is 4.98 Å². The van der Waals surface area contributed by atoms with E-state index in [-0.39, 0.29) is 0 Å². The molecule has 0 fully saturated rings. The fourth-order valence-corrected chi connectivity index (χ4v) is 2.74. The van der Waals surface area contributed by atoms with Crippen LogP contribution in [0.4, 0.5) is 0 Å². The summed E-state index contributed by atoms with van der Waals surface area (Å²) in [5.41, 5.74) is 2.36. The lowest BCUT2D eigenvalue weighted by Crippen LogP contribution is -2.14. The van der Waals surface area contributed by atoms with E-state index in [0.29, 0.717) is 33.7 Å². The van der Waals surface area contributed by atoms with Gasteiger partial charge in [0.15, 0.2) is 17.6 Å². The lowest BCUT2D eigenvalue weighted by atomic mass is 10.0. The van der Waals surface area contributed by atoms with Crippen molar-refractivity contribution in [2.45, 2.75) is 13.0 Å². The van der Waals surface area contributed by atoms with Gasteiger partial charge in [-0.05, 0) is 37.3 Å². The van der Waals surface area contributed by atoms with Gasteiger partial charge in [-0.25, -0.2) is 9.78 Å². The number of pyridine rings is 1. The Morgan fingerprint density at radius 1 is 1.07 bits per heavy atom. The molecule has 0 bridgehead atoms. The highest BCUT2D eigenvalue weighted by Crippen LogP contribution is 2.33. The Labute approximate surface area is 156 Å². The number of aromatic nitrogens is 1. The van der Waals surface area contributed by atoms with Crippen molar-refractivity contribution in [3.8, 4) is 28.8 Å². The normalized spacial score (nSPS) is 11.5. The van der Waals surface area contributed by atoms with Gasteiger partial charge in [0.1, 0.15) is 6.07 Å². The van der Waals surface area contributed by atoms with E-state index in [1.165, 1.54) is 6.92 Å². The van der Waals surface area contributed by atoms with E-state index >= 15 is 0 Å². The second kappa shape index (κ2) is 7.75. The van der Waals surface area contributed by atoms with Crippen molar-refractivity contribution >= 4 is 16.9 Å². The smallest absolute Gasteiger partial charge is 0.340 e. The maximum Gasteiger partial charge on any atom is 0.340 e. The molecule has 2 aromatic carbocycles. The van der Waals surface area contributed by atoms with Gasteiger partial charge in [0.05, 0.1) is 31.0 Å². The van der Waals surface area contributed by atoms with Gasteiger partial charge in [-0.15, -0.1) is 0 Å². The predicted molar refractivity (Wildman–Crippen MR) is 101 cm³/mol. The first-order chi connectivity index (χ1) is 13.1. The van der Waals surface area contributed by atoms with E-state index in [4.69, 9.17) is 19.5 Å². The van der Waals surface area contributed by atoms with Crippen LogP contribution in [0.1, 0.15) is 17.3 Å². The number of rotatable bonds is 5. The minimum absolute atomic E-state index is 0.354. The van der Waals surface area contributed by atoms with Crippen LogP contribution in [0, 0.1) is 11.3 Å². The third kappa shape index (κ3) is 3.67. The number of esters is 1. The monoisotopic (exact) mass is 362 g/mol. The first-order valence-electron chi connectivity index (χ1n) is 8.30. The highest BCUT2D eigenvalue weighted by molar-refractivity contribution is 6.04. The summed E-state index contributed by atoms with van der Waals surface area (Å²) in [5.74, 6) is 0.598. The Bertz CT molecular complexity index is 1040. The second-order valence-corrected chi connectivity index (χ2v) is 5.82. The zero-order valence-electron chi connectivity index (χ0n) is 15.2. The number of para-hydroxylation sites is 1. The fraction of sp³-hybridized carbons (Fsp3) is 0.190. The highest BCUT2D eigenvalue weighted by Gasteiger charge is 2.18. The summed E-state index contributed by atoms with van der Waals surface area (Å²) >= 11 is 0. The van der Waals surface area contributed by atoms with Crippen LogP contribution in [-0.2, 0) is 4.74 Å². The first kappa shape index (κ1) is 18.2. The van der Waals surface area contributed by atoms with Gasteiger partial charge in [0.2, 0.25) is 0 Å². The van der Waals surface area contributed by atoms with Crippen molar-refractivity contribution in [3.63, 3.8) is 0 Å². The van der Waals surface area contributed by atoms with Crippen LogP contribution in [0.25, 0.3) is 22.2 Å². The van der Waals surface area contributed by atoms with Crippen molar-refractivity contribution in [2.24, 2.45) is 0 Å². The lowest BCUT2D eigenvalue weighted by Gasteiger charge is -2.12. The molecule has 0 N–H and O–H groups in total. The first-order valence-corrected chi connectivity index (χ1v) is 8.30. The van der Waals surface area contributed by atoms with E-state index in [0.717, 1.165) is 5.56 Å². The maximum absolute atomic E-state index is 12.6. The average Bonchev–Trinajstić information content (AvgIpc) is 2.72. The zero-order valence-corrected chi connectivity index (χ0v) is 15.2. The molecular weight excluding hydrogens is 344 g/mol. The number of hydrogen-bond donors (Lipinski definition) is 0. The Morgan fingerprint density at radius 3 is 2.52 bits per heavy atom. The molecule has 136 valence electrons. The molecule has 0 aliphatic rings. The van der Waals surface area contributed by atoms with Gasteiger partial charge in [-0.1, -0.05) is 18.2 Å². The van der Waals surface area contributed by atoms with Gasteiger partial charge in [-0.3, -0.25) is 0 Å². The van der Waals surface area contributed by atoms with Crippen LogP contribution in [-0.4, -0.2) is 31.3 Å². The number of fused-ring (bicyclic) bond motifs is 1. The summed E-state index contributed by atoms with van der Waals surface area (Å²) < 4.78 is 15.8. The van der Waals surface area contributed by atoms with Crippen LogP contribution in [0.5, 0.6) is 11.5 Å². The number of nitrogens with zero attached hydrogens (tertiary/aromatic N) is 2. The molecule has 0 aliphatic heterocycles. The summed E-state index contributed by atoms with van der Waals surface area (Å²) in [4.78, 5) is 17.2. The Kier molecular flexibility index (Phi) is 5.23. The summed E-state index contributed by atoms with van der Waals surface area (Å²) in [5, 5.41) is 9.58. The molecule has 1 aromatic heterocycles. The largest absolute Gasteiger partial charge is 0.493 e. The Hall–Kier alpha value is -3.59. The number of hydrogen-bond acceptors (Lipinski definition) is 6. The van der Waals surface area contributed by atoms with Crippen LogP contribution in [0.15, 0.2) is 48.5 Å². The van der Waals surface area contributed by atoms with Gasteiger partial charge < -0.3 is 14.2 Å². The van der Waals surface area contributed by atoms with Crippen molar-refractivity contribution in [1.29, 1.82) is 5.26 Å². The van der Waals surface area contributed by atoms with Crippen molar-refractivity contribution in [1.82, 2.24) is 4.98 Å². The molecule has 0 saturated carbocycles. The molecule has 0 spiro atoms. The topological polar surface area (TPSA) is 81.4 Å². The van der Waals surface area contributed by atoms with Crippen LogP contribution in [0.3, 0.4) is 0 Å². The lowest BCUT2D eigenvalue weighted by molar-refractivity contribution is 0.0438. The number of carbonyl (C=O) groups is 1. The third-order valence-corrected chi connectivity index (χ3v) is 4.08. The number of benzene rings is 2. The highest BCUT2D eigenvalue weighted by atomic mass is 16.5. The third-order valence-electron chi connectivity index (χ3n) is 4.08. The zero-order chi connectivity index (χ0) is 19.4. The van der Waals surface area contributed by atoms with Crippen LogP contribution < -0.4 is 9.47 Å². The summed E-state index contributed by atoms with van der Waals surface area (Å²) in [6.07, 6.45) is -0.839. The van der Waals surface area contributed by atoms with Crippen LogP contribution in [0.2, 0.25) is 0 Å². The molecule has 0 aliphatic carbocycles. The molecule has 0 unspecified atom stereocenters. The summed E-state index contributed by atoms with van der Waals surface area (Å²) in [6.45, 7) is 1.52. The second-order valence-electron chi connectivity index (χ2n) is 5.82. The molecule has 6 heteroatoms. The van der Waals surface area contributed by atoms with Gasteiger partial charge in [0.25, 0.3) is 0 Å². The quantitative estimate of drug-likeness (QED) is 0.639. The SMILES string of the molecule is COc1ccc(-c2cc(C(=O)O[C@@H](C)C#N)c3ccccc3n2)cc1OC. The average molecular weight is 362 g/mol. The number of ether oxygens (including phenoxy) is 3. The molecule has 0 radical (unpaired) electrons. The van der Waals surface area contributed by atoms with E-state index in [9.17, 15) is 4.79 Å². The standard InChI is InChI=1S/C21H18N2O4/c1-13(12-22)27-21(24)16-11-18(23-17-7-5-4-6-15(16)17)14-8-9-19(25-2)20(10-14)26-3/h4-11,13H,1-3H3/t13-/m0/s1. The van der Waals surface area contributed by atoms with Crippen molar-refractivity contribution in [3.05, 3.63) is 54.1 Å².